The number of aromatic nitrogens is 4. The third kappa shape index (κ3) is 4.46. The topological polar surface area (TPSA) is 90.5 Å². The van der Waals surface area contributed by atoms with Crippen molar-refractivity contribution in [2.24, 2.45) is 0 Å². The standard InChI is InChI=1S/C22H21N5O3S/c1-3-15-6-4-5-7-18(15)31-21-20-25-27(22(29)26(20)13-12-23-21)14-19(28)24-16-8-10-17(30-2)11-9-16/h4-13H,3,14H2,1-2H3,(H,24,28). The van der Waals surface area contributed by atoms with Crippen LogP contribution in [0.15, 0.2) is 75.6 Å². The van der Waals surface area contributed by atoms with Gasteiger partial charge < -0.3 is 10.1 Å². The number of fused-ring (bicyclic) bond motifs is 1. The second-order valence-corrected chi connectivity index (χ2v) is 7.74. The lowest BCUT2D eigenvalue weighted by Crippen LogP contribution is -2.28. The third-order valence-electron chi connectivity index (χ3n) is 4.70. The predicted molar refractivity (Wildman–Crippen MR) is 119 cm³/mol. The fourth-order valence-corrected chi connectivity index (χ4v) is 4.15. The van der Waals surface area contributed by atoms with E-state index in [1.165, 1.54) is 21.7 Å². The van der Waals surface area contributed by atoms with E-state index in [4.69, 9.17) is 4.74 Å². The van der Waals surface area contributed by atoms with Gasteiger partial charge in [0.05, 0.1) is 7.11 Å². The summed E-state index contributed by atoms with van der Waals surface area (Å²) >= 11 is 1.46. The van der Waals surface area contributed by atoms with Crippen LogP contribution >= 0.6 is 11.8 Å². The maximum absolute atomic E-state index is 12.8. The Morgan fingerprint density at radius 3 is 2.68 bits per heavy atom. The van der Waals surface area contributed by atoms with Crippen LogP contribution in [0.5, 0.6) is 5.75 Å². The molecular formula is C22H21N5O3S. The third-order valence-corrected chi connectivity index (χ3v) is 5.80. The van der Waals surface area contributed by atoms with Crippen molar-refractivity contribution in [1.82, 2.24) is 19.2 Å². The van der Waals surface area contributed by atoms with Crippen LogP contribution < -0.4 is 15.7 Å². The summed E-state index contributed by atoms with van der Waals surface area (Å²) < 4.78 is 7.66. The van der Waals surface area contributed by atoms with Gasteiger partial charge in [-0.2, -0.15) is 0 Å². The van der Waals surface area contributed by atoms with Crippen molar-refractivity contribution in [2.75, 3.05) is 12.4 Å². The van der Waals surface area contributed by atoms with Gasteiger partial charge >= 0.3 is 5.69 Å². The molecule has 0 bridgehead atoms. The van der Waals surface area contributed by atoms with Gasteiger partial charge in [0.15, 0.2) is 5.65 Å². The number of nitrogens with one attached hydrogen (secondary N) is 1. The maximum Gasteiger partial charge on any atom is 0.350 e. The van der Waals surface area contributed by atoms with Gasteiger partial charge in [-0.15, -0.1) is 5.10 Å². The molecule has 0 aliphatic rings. The molecule has 0 saturated carbocycles. The first kappa shape index (κ1) is 20.7. The quantitative estimate of drug-likeness (QED) is 0.479. The molecule has 0 spiro atoms. The summed E-state index contributed by atoms with van der Waals surface area (Å²) in [5, 5.41) is 7.74. The highest BCUT2D eigenvalue weighted by Gasteiger charge is 2.16. The predicted octanol–water partition coefficient (Wildman–Crippen LogP) is 3.25. The first-order valence-electron chi connectivity index (χ1n) is 9.73. The Balaban J connectivity index is 1.58. The number of ether oxygens (including phenoxy) is 1. The van der Waals surface area contributed by atoms with Crippen LogP contribution in [-0.4, -0.2) is 32.2 Å². The van der Waals surface area contributed by atoms with Crippen molar-refractivity contribution < 1.29 is 9.53 Å². The van der Waals surface area contributed by atoms with Crippen LogP contribution in [-0.2, 0) is 17.8 Å². The number of aryl methyl sites for hydroxylation is 1. The zero-order valence-electron chi connectivity index (χ0n) is 17.1. The molecule has 2 aromatic carbocycles. The van der Waals surface area contributed by atoms with Crippen molar-refractivity contribution in [3.63, 3.8) is 0 Å². The Morgan fingerprint density at radius 1 is 1.16 bits per heavy atom. The minimum Gasteiger partial charge on any atom is -0.497 e. The molecule has 158 valence electrons. The van der Waals surface area contributed by atoms with Gasteiger partial charge in [0.1, 0.15) is 17.3 Å². The molecule has 0 fully saturated rings. The van der Waals surface area contributed by atoms with E-state index in [0.29, 0.717) is 22.1 Å². The Hall–Kier alpha value is -3.59. The Morgan fingerprint density at radius 2 is 1.94 bits per heavy atom. The van der Waals surface area contributed by atoms with Crippen molar-refractivity contribution in [3.05, 3.63) is 77.0 Å². The molecule has 1 amide bonds. The number of amides is 1. The first-order chi connectivity index (χ1) is 15.1. The van der Waals surface area contributed by atoms with Crippen molar-refractivity contribution in [3.8, 4) is 5.75 Å². The number of anilines is 1. The lowest BCUT2D eigenvalue weighted by molar-refractivity contribution is -0.117. The smallest absolute Gasteiger partial charge is 0.350 e. The summed E-state index contributed by atoms with van der Waals surface area (Å²) in [6.07, 6.45) is 4.01. The number of carbonyl (C=O) groups excluding carboxylic acids is 1. The van der Waals surface area contributed by atoms with Crippen molar-refractivity contribution in [1.29, 1.82) is 0 Å². The highest BCUT2D eigenvalue weighted by molar-refractivity contribution is 7.99. The van der Waals surface area contributed by atoms with Crippen LogP contribution in [0.2, 0.25) is 0 Å². The number of nitrogens with zero attached hydrogens (tertiary/aromatic N) is 4. The van der Waals surface area contributed by atoms with Crippen LogP contribution in [0.3, 0.4) is 0 Å². The van der Waals surface area contributed by atoms with E-state index >= 15 is 0 Å². The highest BCUT2D eigenvalue weighted by atomic mass is 32.2. The summed E-state index contributed by atoms with van der Waals surface area (Å²) in [6.45, 7) is 1.89. The van der Waals surface area contributed by atoms with Gasteiger partial charge in [0.25, 0.3) is 0 Å². The van der Waals surface area contributed by atoms with Gasteiger partial charge in [-0.05, 0) is 42.3 Å². The molecule has 9 heteroatoms. The van der Waals surface area contributed by atoms with E-state index in [9.17, 15) is 9.59 Å². The van der Waals surface area contributed by atoms with Gasteiger partial charge in [-0.1, -0.05) is 36.9 Å². The zero-order chi connectivity index (χ0) is 21.8. The molecular weight excluding hydrogens is 414 g/mol. The fourth-order valence-electron chi connectivity index (χ4n) is 3.11. The summed E-state index contributed by atoms with van der Waals surface area (Å²) in [5.74, 6) is 0.339. The van der Waals surface area contributed by atoms with Crippen LogP contribution in [0.4, 0.5) is 5.69 Å². The molecule has 1 N–H and O–H groups in total. The molecule has 31 heavy (non-hydrogen) atoms. The molecule has 0 aliphatic carbocycles. The van der Waals surface area contributed by atoms with E-state index < -0.39 is 5.69 Å². The number of hydrogen-bond acceptors (Lipinski definition) is 6. The fraction of sp³-hybridized carbons (Fsp3) is 0.182. The van der Waals surface area contributed by atoms with E-state index in [-0.39, 0.29) is 12.5 Å². The Kier molecular flexibility index (Phi) is 6.03. The minimum atomic E-state index is -0.395. The second kappa shape index (κ2) is 9.05. The van der Waals surface area contributed by atoms with Gasteiger partial charge in [0, 0.05) is 23.0 Å². The molecule has 4 aromatic rings. The van der Waals surface area contributed by atoms with Crippen LogP contribution in [0.1, 0.15) is 12.5 Å². The number of benzene rings is 2. The molecule has 0 aliphatic heterocycles. The average molecular weight is 436 g/mol. The normalized spacial score (nSPS) is 10.9. The van der Waals surface area contributed by atoms with E-state index in [1.54, 1.807) is 43.8 Å². The molecule has 0 saturated heterocycles. The number of rotatable bonds is 7. The average Bonchev–Trinajstić information content (AvgIpc) is 3.11. The summed E-state index contributed by atoms with van der Waals surface area (Å²) in [4.78, 5) is 30.7. The Bertz CT molecular complexity index is 1280. The summed E-state index contributed by atoms with van der Waals surface area (Å²) in [5.41, 5.74) is 1.82. The second-order valence-electron chi connectivity index (χ2n) is 6.71. The molecule has 0 atom stereocenters. The van der Waals surface area contributed by atoms with Gasteiger partial charge in [0.2, 0.25) is 5.91 Å². The van der Waals surface area contributed by atoms with Gasteiger partial charge in [-0.25, -0.2) is 18.9 Å². The molecule has 0 radical (unpaired) electrons. The maximum atomic E-state index is 12.8. The lowest BCUT2D eigenvalue weighted by atomic mass is 10.2. The lowest BCUT2D eigenvalue weighted by Gasteiger charge is -2.06. The van der Waals surface area contributed by atoms with Crippen molar-refractivity contribution >= 4 is 29.0 Å². The number of methoxy groups -OCH3 is 1. The summed E-state index contributed by atoms with van der Waals surface area (Å²) in [7, 11) is 1.58. The van der Waals surface area contributed by atoms with Crippen LogP contribution in [0.25, 0.3) is 5.65 Å². The Labute approximate surface area is 182 Å². The van der Waals surface area contributed by atoms with E-state index in [2.05, 4.69) is 28.4 Å². The van der Waals surface area contributed by atoms with Crippen LogP contribution in [0, 0.1) is 0 Å². The van der Waals surface area contributed by atoms with Gasteiger partial charge in [-0.3, -0.25) is 4.79 Å². The SMILES string of the molecule is CCc1ccccc1Sc1nccn2c(=O)n(CC(=O)Nc3ccc(OC)cc3)nc12. The van der Waals surface area contributed by atoms with Crippen molar-refractivity contribution in [2.45, 2.75) is 29.8 Å². The number of hydrogen-bond donors (Lipinski definition) is 1. The number of carbonyl (C=O) groups is 1. The molecule has 4 rings (SSSR count). The first-order valence-corrected chi connectivity index (χ1v) is 10.5. The summed E-state index contributed by atoms with van der Waals surface area (Å²) in [6, 6.07) is 15.0. The zero-order valence-corrected chi connectivity index (χ0v) is 17.9. The largest absolute Gasteiger partial charge is 0.497 e. The molecule has 0 unspecified atom stereocenters. The van der Waals surface area contributed by atoms with E-state index in [1.807, 2.05) is 18.2 Å². The highest BCUT2D eigenvalue weighted by Crippen LogP contribution is 2.31. The molecule has 2 aromatic heterocycles. The molecule has 2 heterocycles. The van der Waals surface area contributed by atoms with E-state index in [0.717, 1.165) is 16.0 Å². The minimum absolute atomic E-state index is 0.206. The molecule has 8 nitrogen and oxygen atoms in total. The monoisotopic (exact) mass is 435 g/mol.